The predicted molar refractivity (Wildman–Crippen MR) is 75.9 cm³/mol. The molecule has 2 rings (SSSR count). The SMILES string of the molecule is CC1=CC(C)(C)c2c(C)cc(C)c(C)c2C1C. The van der Waals surface area contributed by atoms with Crippen molar-refractivity contribution < 1.29 is 0 Å². The van der Waals surface area contributed by atoms with E-state index in [0.29, 0.717) is 5.92 Å². The van der Waals surface area contributed by atoms with Crippen molar-refractivity contribution in [2.24, 2.45) is 0 Å². The zero-order valence-corrected chi connectivity index (χ0v) is 12.2. The maximum absolute atomic E-state index is 2.45. The van der Waals surface area contributed by atoms with Crippen molar-refractivity contribution in [3.63, 3.8) is 0 Å². The van der Waals surface area contributed by atoms with Crippen molar-refractivity contribution in [1.29, 1.82) is 0 Å². The van der Waals surface area contributed by atoms with Gasteiger partial charge in [-0.25, -0.2) is 0 Å². The fourth-order valence-electron chi connectivity index (χ4n) is 3.51. The van der Waals surface area contributed by atoms with Crippen LogP contribution in [0, 0.1) is 20.8 Å². The van der Waals surface area contributed by atoms with E-state index in [2.05, 4.69) is 60.6 Å². The molecule has 1 aromatic rings. The number of hydrogen-bond acceptors (Lipinski definition) is 0. The minimum Gasteiger partial charge on any atom is -0.0749 e. The van der Waals surface area contributed by atoms with Gasteiger partial charge in [0.25, 0.3) is 0 Å². The van der Waals surface area contributed by atoms with Gasteiger partial charge in [-0.15, -0.1) is 0 Å². The van der Waals surface area contributed by atoms with Crippen LogP contribution in [-0.4, -0.2) is 0 Å². The topological polar surface area (TPSA) is 0 Å². The van der Waals surface area contributed by atoms with Gasteiger partial charge in [-0.3, -0.25) is 0 Å². The summed E-state index contributed by atoms with van der Waals surface area (Å²) in [6.45, 7) is 16.0. The van der Waals surface area contributed by atoms with Crippen LogP contribution >= 0.6 is 0 Å². The highest BCUT2D eigenvalue weighted by Crippen LogP contribution is 2.44. The molecular formula is C17H24. The van der Waals surface area contributed by atoms with Crippen LogP contribution in [0.3, 0.4) is 0 Å². The first-order chi connectivity index (χ1) is 7.75. The van der Waals surface area contributed by atoms with Crippen molar-refractivity contribution in [1.82, 2.24) is 0 Å². The molecule has 0 aliphatic heterocycles. The van der Waals surface area contributed by atoms with Crippen LogP contribution in [0.15, 0.2) is 17.7 Å². The lowest BCUT2D eigenvalue weighted by Crippen LogP contribution is -2.25. The summed E-state index contributed by atoms with van der Waals surface area (Å²) in [6.07, 6.45) is 2.45. The fourth-order valence-corrected chi connectivity index (χ4v) is 3.51. The summed E-state index contributed by atoms with van der Waals surface area (Å²) < 4.78 is 0. The largest absolute Gasteiger partial charge is 0.0749 e. The number of rotatable bonds is 0. The monoisotopic (exact) mass is 228 g/mol. The van der Waals surface area contributed by atoms with Crippen LogP contribution in [0.2, 0.25) is 0 Å². The third-order valence-corrected chi connectivity index (χ3v) is 4.44. The quantitative estimate of drug-likeness (QED) is 0.551. The molecular weight excluding hydrogens is 204 g/mol. The Morgan fingerprint density at radius 3 is 2.18 bits per heavy atom. The molecule has 0 saturated heterocycles. The van der Waals surface area contributed by atoms with Crippen molar-refractivity contribution >= 4 is 0 Å². The minimum atomic E-state index is 0.175. The number of benzene rings is 1. The van der Waals surface area contributed by atoms with Crippen molar-refractivity contribution in [3.05, 3.63) is 45.5 Å². The summed E-state index contributed by atoms with van der Waals surface area (Å²) in [5.41, 5.74) is 9.18. The molecule has 1 unspecified atom stereocenters. The van der Waals surface area contributed by atoms with Gasteiger partial charge < -0.3 is 0 Å². The van der Waals surface area contributed by atoms with Gasteiger partial charge in [0.05, 0.1) is 0 Å². The van der Waals surface area contributed by atoms with Crippen LogP contribution in [0.1, 0.15) is 61.4 Å². The second-order valence-electron chi connectivity index (χ2n) is 6.26. The number of hydrogen-bond donors (Lipinski definition) is 0. The highest BCUT2D eigenvalue weighted by Gasteiger charge is 2.32. The van der Waals surface area contributed by atoms with Gasteiger partial charge in [0.1, 0.15) is 0 Å². The van der Waals surface area contributed by atoms with Gasteiger partial charge in [0.2, 0.25) is 0 Å². The summed E-state index contributed by atoms with van der Waals surface area (Å²) in [4.78, 5) is 0. The molecule has 0 amide bonds. The Morgan fingerprint density at radius 1 is 1.00 bits per heavy atom. The van der Waals surface area contributed by atoms with Crippen LogP contribution < -0.4 is 0 Å². The first kappa shape index (κ1) is 12.4. The third kappa shape index (κ3) is 1.74. The van der Waals surface area contributed by atoms with Crippen molar-refractivity contribution in [2.75, 3.05) is 0 Å². The van der Waals surface area contributed by atoms with Gasteiger partial charge in [-0.1, -0.05) is 38.5 Å². The fraction of sp³-hybridized carbons (Fsp3) is 0.529. The highest BCUT2D eigenvalue weighted by atomic mass is 14.4. The summed E-state index contributed by atoms with van der Waals surface area (Å²) in [6, 6.07) is 2.34. The molecule has 1 aliphatic rings. The van der Waals surface area contributed by atoms with E-state index in [0.717, 1.165) is 0 Å². The summed E-state index contributed by atoms with van der Waals surface area (Å²) in [7, 11) is 0. The Bertz CT molecular complexity index is 501. The molecule has 0 heteroatoms. The Balaban J connectivity index is 2.85. The molecule has 0 bridgehead atoms. The van der Waals surface area contributed by atoms with E-state index in [1.807, 2.05) is 0 Å². The molecule has 0 fully saturated rings. The first-order valence-electron chi connectivity index (χ1n) is 6.56. The summed E-state index contributed by atoms with van der Waals surface area (Å²) in [5.74, 6) is 0.566. The van der Waals surface area contributed by atoms with Crippen LogP contribution in [0.5, 0.6) is 0 Å². The second-order valence-corrected chi connectivity index (χ2v) is 6.26. The minimum absolute atomic E-state index is 0.175. The molecule has 0 N–H and O–H groups in total. The molecule has 0 aromatic heterocycles. The van der Waals surface area contributed by atoms with E-state index >= 15 is 0 Å². The van der Waals surface area contributed by atoms with E-state index in [-0.39, 0.29) is 5.41 Å². The van der Waals surface area contributed by atoms with E-state index in [4.69, 9.17) is 0 Å². The molecule has 0 heterocycles. The molecule has 0 nitrogen and oxygen atoms in total. The normalized spacial score (nSPS) is 22.1. The summed E-state index contributed by atoms with van der Waals surface area (Å²) in [5, 5.41) is 0. The Labute approximate surface area is 106 Å². The first-order valence-corrected chi connectivity index (χ1v) is 6.56. The highest BCUT2D eigenvalue weighted by molar-refractivity contribution is 5.56. The van der Waals surface area contributed by atoms with Gasteiger partial charge >= 0.3 is 0 Å². The van der Waals surface area contributed by atoms with Crippen LogP contribution in [-0.2, 0) is 5.41 Å². The predicted octanol–water partition coefficient (Wildman–Crippen LogP) is 4.95. The molecule has 1 aromatic carbocycles. The lowest BCUT2D eigenvalue weighted by molar-refractivity contribution is 0.609. The van der Waals surface area contributed by atoms with Gasteiger partial charge in [-0.2, -0.15) is 0 Å². The van der Waals surface area contributed by atoms with Crippen LogP contribution in [0.4, 0.5) is 0 Å². The molecule has 1 atom stereocenters. The Kier molecular flexibility index (Phi) is 2.72. The average Bonchev–Trinajstić information content (AvgIpc) is 2.19. The van der Waals surface area contributed by atoms with E-state index in [1.165, 1.54) is 22.3 Å². The van der Waals surface area contributed by atoms with Crippen molar-refractivity contribution in [2.45, 2.75) is 59.8 Å². The maximum Gasteiger partial charge on any atom is 0.00837 e. The lowest BCUT2D eigenvalue weighted by Gasteiger charge is -2.37. The number of aryl methyl sites for hydroxylation is 2. The molecule has 1 aliphatic carbocycles. The standard InChI is InChI=1S/C17H24/c1-10-8-11(2)16-15(13(10)4)14(5)12(3)9-17(16,6)7/h8-9,14H,1-7H3. The third-order valence-electron chi connectivity index (χ3n) is 4.44. The molecule has 0 saturated carbocycles. The zero-order chi connectivity index (χ0) is 13.0. The summed E-state index contributed by atoms with van der Waals surface area (Å²) >= 11 is 0. The number of fused-ring (bicyclic) bond motifs is 1. The Morgan fingerprint density at radius 2 is 1.59 bits per heavy atom. The molecule has 17 heavy (non-hydrogen) atoms. The number of allylic oxidation sites excluding steroid dienone is 2. The van der Waals surface area contributed by atoms with Crippen molar-refractivity contribution in [3.8, 4) is 0 Å². The van der Waals surface area contributed by atoms with E-state index in [1.54, 1.807) is 11.1 Å². The molecule has 0 radical (unpaired) electrons. The van der Waals surface area contributed by atoms with E-state index in [9.17, 15) is 0 Å². The van der Waals surface area contributed by atoms with Gasteiger partial charge in [0, 0.05) is 11.3 Å². The zero-order valence-electron chi connectivity index (χ0n) is 12.2. The smallest absolute Gasteiger partial charge is 0.00837 e. The molecule has 92 valence electrons. The maximum atomic E-state index is 2.45. The van der Waals surface area contributed by atoms with Gasteiger partial charge in [-0.05, 0) is 55.5 Å². The van der Waals surface area contributed by atoms with Crippen LogP contribution in [0.25, 0.3) is 0 Å². The average molecular weight is 228 g/mol. The Hall–Kier alpha value is -1.04. The van der Waals surface area contributed by atoms with E-state index < -0.39 is 0 Å². The lowest BCUT2D eigenvalue weighted by atomic mass is 9.67. The molecule has 0 spiro atoms. The second kappa shape index (κ2) is 3.73. The van der Waals surface area contributed by atoms with Gasteiger partial charge in [0.15, 0.2) is 0 Å².